The normalized spacial score (nSPS) is 10.4. The van der Waals surface area contributed by atoms with Crippen LogP contribution in [0.4, 0.5) is 5.82 Å². The third-order valence-corrected chi connectivity index (χ3v) is 4.87. The van der Waals surface area contributed by atoms with Crippen molar-refractivity contribution >= 4 is 75.9 Å². The molecule has 25 heavy (non-hydrogen) atoms. The molecule has 132 valence electrons. The summed E-state index contributed by atoms with van der Waals surface area (Å²) in [5, 5.41) is 3.92. The van der Waals surface area contributed by atoms with Crippen molar-refractivity contribution in [2.75, 3.05) is 17.7 Å². The van der Waals surface area contributed by atoms with Crippen molar-refractivity contribution in [2.45, 2.75) is 4.90 Å². The summed E-state index contributed by atoms with van der Waals surface area (Å²) >= 11 is 24.6. The van der Waals surface area contributed by atoms with E-state index in [4.69, 9.17) is 51.1 Å². The van der Waals surface area contributed by atoms with Crippen LogP contribution < -0.4 is 5.32 Å². The van der Waals surface area contributed by atoms with Gasteiger partial charge in [-0.15, -0.1) is 11.8 Å². The molecule has 0 aliphatic carbocycles. The number of nitrogens with one attached hydrogen (secondary N) is 1. The van der Waals surface area contributed by atoms with E-state index in [1.165, 1.54) is 12.3 Å². The molecule has 5 nitrogen and oxygen atoms in total. The molecule has 0 aliphatic rings. The number of thioether (sulfide) groups is 1. The van der Waals surface area contributed by atoms with Gasteiger partial charge in [0.2, 0.25) is 0 Å². The first-order chi connectivity index (χ1) is 11.8. The zero-order valence-electron chi connectivity index (χ0n) is 12.4. The summed E-state index contributed by atoms with van der Waals surface area (Å²) in [5.41, 5.74) is 0. The van der Waals surface area contributed by atoms with Crippen LogP contribution in [0, 0.1) is 0 Å². The zero-order valence-corrected chi connectivity index (χ0v) is 16.2. The van der Waals surface area contributed by atoms with E-state index < -0.39 is 18.5 Å². The number of nitrogens with zero attached hydrogens (tertiary/aromatic N) is 1. The van der Waals surface area contributed by atoms with E-state index in [2.05, 4.69) is 10.3 Å². The second-order valence-electron chi connectivity index (χ2n) is 4.56. The minimum Gasteiger partial charge on any atom is -0.455 e. The number of halogens is 4. The molecule has 0 saturated heterocycles. The number of esters is 1. The minimum atomic E-state index is -0.577. The van der Waals surface area contributed by atoms with E-state index in [1.54, 1.807) is 18.2 Å². The van der Waals surface area contributed by atoms with Crippen LogP contribution in [0.3, 0.4) is 0 Å². The summed E-state index contributed by atoms with van der Waals surface area (Å²) in [6.07, 6.45) is 1.33. The number of hydrogen-bond donors (Lipinski definition) is 1. The number of ether oxygens (including phenoxy) is 1. The van der Waals surface area contributed by atoms with Crippen LogP contribution in [0.1, 0.15) is 0 Å². The van der Waals surface area contributed by atoms with Gasteiger partial charge in [0.15, 0.2) is 12.4 Å². The lowest BCUT2D eigenvalue weighted by Crippen LogP contribution is -2.22. The highest BCUT2D eigenvalue weighted by molar-refractivity contribution is 8.00. The van der Waals surface area contributed by atoms with Gasteiger partial charge in [0, 0.05) is 16.1 Å². The second kappa shape index (κ2) is 9.50. The van der Waals surface area contributed by atoms with E-state index in [9.17, 15) is 9.59 Å². The van der Waals surface area contributed by atoms with Crippen molar-refractivity contribution in [3.05, 3.63) is 50.6 Å². The molecule has 1 aromatic heterocycles. The van der Waals surface area contributed by atoms with Gasteiger partial charge < -0.3 is 10.1 Å². The van der Waals surface area contributed by atoms with Gasteiger partial charge in [-0.05, 0) is 24.3 Å². The van der Waals surface area contributed by atoms with Crippen molar-refractivity contribution in [1.29, 1.82) is 0 Å². The summed E-state index contributed by atoms with van der Waals surface area (Å²) < 4.78 is 4.89. The third-order valence-electron chi connectivity index (χ3n) is 2.67. The fourth-order valence-corrected chi connectivity index (χ4v) is 3.31. The Morgan fingerprint density at radius 1 is 1.08 bits per heavy atom. The minimum absolute atomic E-state index is 0.0205. The number of aromatic nitrogens is 1. The van der Waals surface area contributed by atoms with Crippen molar-refractivity contribution < 1.29 is 14.3 Å². The molecule has 2 rings (SSSR count). The molecule has 0 bridgehead atoms. The maximum atomic E-state index is 11.8. The Bertz CT molecular complexity index is 804. The number of amides is 1. The van der Waals surface area contributed by atoms with Crippen LogP contribution in [0.5, 0.6) is 0 Å². The fourth-order valence-electron chi connectivity index (χ4n) is 1.59. The predicted molar refractivity (Wildman–Crippen MR) is 101 cm³/mol. The molecule has 0 aliphatic heterocycles. The van der Waals surface area contributed by atoms with Crippen molar-refractivity contribution in [1.82, 2.24) is 4.98 Å². The van der Waals surface area contributed by atoms with E-state index in [0.29, 0.717) is 20.0 Å². The van der Waals surface area contributed by atoms with Gasteiger partial charge in [0.05, 0.1) is 20.8 Å². The Morgan fingerprint density at radius 2 is 1.84 bits per heavy atom. The Morgan fingerprint density at radius 3 is 2.56 bits per heavy atom. The molecule has 0 unspecified atom stereocenters. The fraction of sp³-hybridized carbons (Fsp3) is 0.133. The molecule has 0 spiro atoms. The third kappa shape index (κ3) is 6.56. The van der Waals surface area contributed by atoms with Crippen LogP contribution >= 0.6 is 58.2 Å². The summed E-state index contributed by atoms with van der Waals surface area (Å²) in [4.78, 5) is 28.0. The molecule has 1 N–H and O–H groups in total. The lowest BCUT2D eigenvalue weighted by Gasteiger charge is -2.08. The van der Waals surface area contributed by atoms with Gasteiger partial charge >= 0.3 is 5.97 Å². The number of pyridine rings is 1. The quantitative estimate of drug-likeness (QED) is 0.508. The Balaban J connectivity index is 1.79. The molecule has 0 atom stereocenters. The molecule has 0 saturated carbocycles. The number of carbonyl (C=O) groups excluding carboxylic acids is 2. The van der Waals surface area contributed by atoms with Crippen LogP contribution in [-0.2, 0) is 14.3 Å². The van der Waals surface area contributed by atoms with Crippen LogP contribution in [0.15, 0.2) is 35.4 Å². The number of rotatable bonds is 6. The van der Waals surface area contributed by atoms with E-state index in [0.717, 1.165) is 11.8 Å². The average Bonchev–Trinajstić information content (AvgIpc) is 2.56. The molecule has 10 heteroatoms. The first kappa shape index (κ1) is 20.1. The lowest BCUT2D eigenvalue weighted by atomic mass is 10.4. The molecule has 0 radical (unpaired) electrons. The molecular formula is C15H10Cl4N2O3S. The first-order valence-corrected chi connectivity index (χ1v) is 9.19. The average molecular weight is 440 g/mol. The largest absolute Gasteiger partial charge is 0.455 e. The maximum absolute atomic E-state index is 11.8. The lowest BCUT2D eigenvalue weighted by molar-refractivity contribution is -0.144. The number of hydrogen-bond acceptors (Lipinski definition) is 5. The van der Waals surface area contributed by atoms with Crippen LogP contribution in [-0.4, -0.2) is 29.2 Å². The summed E-state index contributed by atoms with van der Waals surface area (Å²) in [6.45, 7) is -0.469. The highest BCUT2D eigenvalue weighted by Gasteiger charge is 2.12. The zero-order chi connectivity index (χ0) is 18.4. The first-order valence-electron chi connectivity index (χ1n) is 6.69. The summed E-state index contributed by atoms with van der Waals surface area (Å²) in [5.74, 6) is -1.04. The van der Waals surface area contributed by atoms with Crippen LogP contribution in [0.2, 0.25) is 20.1 Å². The molecule has 2 aromatic rings. The Kier molecular flexibility index (Phi) is 7.65. The number of anilines is 1. The molecule has 1 amide bonds. The van der Waals surface area contributed by atoms with Gasteiger partial charge in [0.25, 0.3) is 5.91 Å². The van der Waals surface area contributed by atoms with Crippen molar-refractivity contribution in [2.24, 2.45) is 0 Å². The summed E-state index contributed by atoms with van der Waals surface area (Å²) in [6, 6.07) is 6.35. The van der Waals surface area contributed by atoms with Gasteiger partial charge in [-0.3, -0.25) is 9.59 Å². The predicted octanol–water partition coefficient (Wildman–Crippen LogP) is 4.97. The highest BCUT2D eigenvalue weighted by Crippen LogP contribution is 2.29. The standard InChI is InChI=1S/C15H10Cl4N2O3S/c16-8-1-2-10(18)12(4-8)25-7-14(23)24-6-13(22)21-15-11(19)3-9(17)5-20-15/h1-5H,6-7H2,(H,20,21,22). The SMILES string of the molecule is O=C(COC(=O)CSc1cc(Cl)ccc1Cl)Nc1ncc(Cl)cc1Cl. The molecule has 1 heterocycles. The maximum Gasteiger partial charge on any atom is 0.316 e. The smallest absolute Gasteiger partial charge is 0.316 e. The van der Waals surface area contributed by atoms with E-state index in [1.807, 2.05) is 0 Å². The highest BCUT2D eigenvalue weighted by atomic mass is 35.5. The Labute approximate surface area is 167 Å². The van der Waals surface area contributed by atoms with Gasteiger partial charge in [0.1, 0.15) is 0 Å². The van der Waals surface area contributed by atoms with Gasteiger partial charge in [-0.1, -0.05) is 46.4 Å². The Hall–Kier alpha value is -1.18. The van der Waals surface area contributed by atoms with E-state index in [-0.39, 0.29) is 16.6 Å². The monoisotopic (exact) mass is 438 g/mol. The second-order valence-corrected chi connectivity index (χ2v) is 7.26. The van der Waals surface area contributed by atoms with Crippen LogP contribution in [0.25, 0.3) is 0 Å². The topological polar surface area (TPSA) is 68.3 Å². The molecule has 0 fully saturated rings. The molecular weight excluding hydrogens is 430 g/mol. The van der Waals surface area contributed by atoms with Crippen molar-refractivity contribution in [3.8, 4) is 0 Å². The summed E-state index contributed by atoms with van der Waals surface area (Å²) in [7, 11) is 0. The van der Waals surface area contributed by atoms with Gasteiger partial charge in [-0.25, -0.2) is 4.98 Å². The molecule has 1 aromatic carbocycles. The number of benzene rings is 1. The van der Waals surface area contributed by atoms with Crippen molar-refractivity contribution in [3.63, 3.8) is 0 Å². The number of carbonyl (C=O) groups is 2. The van der Waals surface area contributed by atoms with Gasteiger partial charge in [-0.2, -0.15) is 0 Å². The van der Waals surface area contributed by atoms with E-state index >= 15 is 0 Å².